The van der Waals surface area contributed by atoms with Crippen LogP contribution in [0, 0.1) is 39.4 Å². The maximum atomic E-state index is 9.79. The Bertz CT molecular complexity index is 563. The van der Waals surface area contributed by atoms with Crippen LogP contribution in [0.1, 0.15) is 33.1 Å². The number of hydrogen-bond acceptors (Lipinski definition) is 5. The number of nitriles is 2. The van der Waals surface area contributed by atoms with Crippen molar-refractivity contribution in [1.82, 2.24) is 0 Å². The van der Waals surface area contributed by atoms with Gasteiger partial charge in [0.1, 0.15) is 0 Å². The van der Waals surface area contributed by atoms with Crippen LogP contribution in [-0.2, 0) is 9.47 Å². The van der Waals surface area contributed by atoms with Gasteiger partial charge in [-0.2, -0.15) is 10.5 Å². The van der Waals surface area contributed by atoms with Gasteiger partial charge in [-0.3, -0.25) is 5.73 Å². The second-order valence-electron chi connectivity index (χ2n) is 5.93. The Balaban J connectivity index is 2.06. The standard InChI is InChI=1S/C14H18N4O2/c1-3-4-5-10-12(7-15)11(17)18-14(13(10,12)8-16)19-6-9(2)20-14/h9-10H,3-6H2,1-2H3,(H2,17,18)/p+1/t9-,10+,12+,13+,14+/m0/s1. The van der Waals surface area contributed by atoms with E-state index in [1.807, 2.05) is 6.92 Å². The van der Waals surface area contributed by atoms with Crippen molar-refractivity contribution in [3.8, 4) is 12.1 Å². The van der Waals surface area contributed by atoms with Crippen LogP contribution < -0.4 is 10.7 Å². The Morgan fingerprint density at radius 1 is 1.45 bits per heavy atom. The van der Waals surface area contributed by atoms with Crippen molar-refractivity contribution in [3.05, 3.63) is 0 Å². The summed E-state index contributed by atoms with van der Waals surface area (Å²) in [4.78, 5) is 2.95. The van der Waals surface area contributed by atoms with Crippen molar-refractivity contribution < 1.29 is 14.5 Å². The first-order chi connectivity index (χ1) is 9.54. The molecule has 5 atom stereocenters. The molecular weight excluding hydrogens is 256 g/mol. The molecule has 0 aromatic rings. The van der Waals surface area contributed by atoms with Crippen LogP contribution in [0.4, 0.5) is 0 Å². The van der Waals surface area contributed by atoms with Crippen LogP contribution >= 0.6 is 0 Å². The number of fused-ring (bicyclic) bond motifs is 2. The summed E-state index contributed by atoms with van der Waals surface area (Å²) in [6, 6.07) is 4.59. The topological polar surface area (TPSA) is 106 Å². The number of unbranched alkanes of at least 4 members (excludes halogenated alkanes) is 1. The van der Waals surface area contributed by atoms with Crippen molar-refractivity contribution in [3.63, 3.8) is 0 Å². The van der Waals surface area contributed by atoms with Crippen LogP contribution in [0.25, 0.3) is 0 Å². The minimum atomic E-state index is -1.25. The molecule has 0 aromatic carbocycles. The van der Waals surface area contributed by atoms with Gasteiger partial charge in [-0.05, 0) is 13.3 Å². The monoisotopic (exact) mass is 275 g/mol. The van der Waals surface area contributed by atoms with Gasteiger partial charge in [0.25, 0.3) is 5.84 Å². The number of hydrogen-bond donors (Lipinski definition) is 2. The first-order valence-corrected chi connectivity index (χ1v) is 7.10. The number of rotatable bonds is 3. The fourth-order valence-corrected chi connectivity index (χ4v) is 3.98. The third-order valence-corrected chi connectivity index (χ3v) is 4.91. The maximum Gasteiger partial charge on any atom is 0.343 e. The van der Waals surface area contributed by atoms with Gasteiger partial charge in [0, 0.05) is 5.92 Å². The molecule has 3 rings (SSSR count). The van der Waals surface area contributed by atoms with Crippen LogP contribution in [0.2, 0.25) is 0 Å². The lowest BCUT2D eigenvalue weighted by atomic mass is 9.94. The number of ether oxygens (including phenoxy) is 2. The molecule has 1 aliphatic carbocycles. The van der Waals surface area contributed by atoms with Gasteiger partial charge in [0.15, 0.2) is 10.8 Å². The molecule has 3 N–H and O–H groups in total. The van der Waals surface area contributed by atoms with Gasteiger partial charge in [0.05, 0.1) is 24.8 Å². The summed E-state index contributed by atoms with van der Waals surface area (Å²) >= 11 is 0. The fraction of sp³-hybridized carbons (Fsp3) is 0.786. The van der Waals surface area contributed by atoms with E-state index in [9.17, 15) is 10.5 Å². The molecule has 3 aliphatic rings. The van der Waals surface area contributed by atoms with Crippen molar-refractivity contribution >= 4 is 5.84 Å². The summed E-state index contributed by atoms with van der Waals surface area (Å²) in [7, 11) is 0. The van der Waals surface area contributed by atoms with Crippen LogP contribution in [0.5, 0.6) is 0 Å². The van der Waals surface area contributed by atoms with Crippen LogP contribution in [0.3, 0.4) is 0 Å². The Kier molecular flexibility index (Phi) is 2.63. The molecule has 2 aliphatic heterocycles. The molecule has 20 heavy (non-hydrogen) atoms. The number of nitrogens with zero attached hydrogens (tertiary/aromatic N) is 2. The average molecular weight is 275 g/mol. The van der Waals surface area contributed by atoms with Gasteiger partial charge < -0.3 is 9.47 Å². The summed E-state index contributed by atoms with van der Waals surface area (Å²) in [5.74, 6) is -1.06. The van der Waals surface area contributed by atoms with Gasteiger partial charge in [-0.1, -0.05) is 19.8 Å². The van der Waals surface area contributed by atoms with Gasteiger partial charge in [-0.25, -0.2) is 4.99 Å². The highest BCUT2D eigenvalue weighted by Gasteiger charge is 2.96. The quantitative estimate of drug-likeness (QED) is 0.713. The smallest absolute Gasteiger partial charge is 0.311 e. The lowest BCUT2D eigenvalue weighted by Gasteiger charge is -2.23. The molecule has 106 valence electrons. The highest BCUT2D eigenvalue weighted by atomic mass is 16.8. The van der Waals surface area contributed by atoms with Gasteiger partial charge in [0.2, 0.25) is 0 Å². The van der Waals surface area contributed by atoms with E-state index in [0.717, 1.165) is 19.3 Å². The molecule has 0 radical (unpaired) electrons. The first-order valence-electron chi connectivity index (χ1n) is 7.10. The SMILES string of the molecule is CCCC[C@H]1[C@@]2(C#N)[C@@]3([NH+]=C(N)[C@@]12C#N)OC[C@H](C)O3. The molecule has 0 bridgehead atoms. The molecule has 6 heteroatoms. The molecule has 2 fully saturated rings. The molecule has 0 unspecified atom stereocenters. The highest BCUT2D eigenvalue weighted by Crippen LogP contribution is 2.76. The molecule has 2 heterocycles. The third kappa shape index (κ3) is 1.14. The van der Waals surface area contributed by atoms with Crippen molar-refractivity contribution in [2.75, 3.05) is 6.61 Å². The zero-order valence-electron chi connectivity index (χ0n) is 11.8. The zero-order chi connectivity index (χ0) is 14.6. The highest BCUT2D eigenvalue weighted by molar-refractivity contribution is 5.93. The molecule has 0 amide bonds. The third-order valence-electron chi connectivity index (χ3n) is 4.91. The summed E-state index contributed by atoms with van der Waals surface area (Å²) in [6.45, 7) is 4.36. The van der Waals surface area contributed by atoms with Crippen LogP contribution in [-0.4, -0.2) is 24.5 Å². The van der Waals surface area contributed by atoms with E-state index >= 15 is 0 Å². The van der Waals surface area contributed by atoms with E-state index in [4.69, 9.17) is 15.2 Å². The number of nitrogens with two attached hydrogens (primary N) is 1. The van der Waals surface area contributed by atoms with Crippen LogP contribution in [0.15, 0.2) is 0 Å². The van der Waals surface area contributed by atoms with Crippen molar-refractivity contribution in [1.29, 1.82) is 10.5 Å². The normalized spacial score (nSPS) is 48.5. The fourth-order valence-electron chi connectivity index (χ4n) is 3.98. The van der Waals surface area contributed by atoms with Crippen molar-refractivity contribution in [2.24, 2.45) is 22.5 Å². The summed E-state index contributed by atoms with van der Waals surface area (Å²) < 4.78 is 11.6. The Labute approximate surface area is 118 Å². The Hall–Kier alpha value is -1.63. The summed E-state index contributed by atoms with van der Waals surface area (Å²) in [6.07, 6.45) is 2.62. The molecule has 0 aromatic heterocycles. The Morgan fingerprint density at radius 3 is 2.70 bits per heavy atom. The molecule has 1 saturated carbocycles. The lowest BCUT2D eigenvalue weighted by molar-refractivity contribution is -0.678. The van der Waals surface area contributed by atoms with E-state index in [1.165, 1.54) is 0 Å². The summed E-state index contributed by atoms with van der Waals surface area (Å²) in [5, 5.41) is 19.5. The predicted molar refractivity (Wildman–Crippen MR) is 68.5 cm³/mol. The molecule has 1 spiro atoms. The Morgan fingerprint density at radius 2 is 2.20 bits per heavy atom. The summed E-state index contributed by atoms with van der Waals surface area (Å²) in [5.41, 5.74) is 4.05. The zero-order valence-corrected chi connectivity index (χ0v) is 11.8. The number of amidine groups is 1. The largest absolute Gasteiger partial charge is 0.343 e. The minimum Gasteiger partial charge on any atom is -0.311 e. The molecule has 1 saturated heterocycles. The van der Waals surface area contributed by atoms with Crippen molar-refractivity contribution in [2.45, 2.75) is 45.1 Å². The van der Waals surface area contributed by atoms with Gasteiger partial charge in [-0.15, -0.1) is 0 Å². The first kappa shape index (κ1) is 13.4. The van der Waals surface area contributed by atoms with E-state index < -0.39 is 16.7 Å². The van der Waals surface area contributed by atoms with E-state index in [1.54, 1.807) is 0 Å². The minimum absolute atomic E-state index is 0.123. The van der Waals surface area contributed by atoms with E-state index in [2.05, 4.69) is 24.1 Å². The van der Waals surface area contributed by atoms with E-state index in [0.29, 0.717) is 12.4 Å². The van der Waals surface area contributed by atoms with E-state index in [-0.39, 0.29) is 12.0 Å². The second kappa shape index (κ2) is 3.94. The lowest BCUT2D eigenvalue weighted by Crippen LogP contribution is -2.90. The predicted octanol–water partition coefficient (Wildman–Crippen LogP) is -0.633. The average Bonchev–Trinajstić information content (AvgIpc) is 2.77. The molecule has 6 nitrogen and oxygen atoms in total. The maximum absolute atomic E-state index is 9.79. The molecular formula is C14H19N4O2+. The van der Waals surface area contributed by atoms with Gasteiger partial charge >= 0.3 is 5.91 Å². The number of nitrogens with one attached hydrogen (secondary N) is 1. The second-order valence-corrected chi connectivity index (χ2v) is 5.93.